The van der Waals surface area contributed by atoms with Gasteiger partial charge in [-0.3, -0.25) is 4.79 Å². The first-order valence-corrected chi connectivity index (χ1v) is 6.27. The molecule has 6 heteroatoms. The molecule has 1 fully saturated rings. The maximum Gasteiger partial charge on any atom is 0.335 e. The first-order chi connectivity index (χ1) is 9.11. The molecule has 2 heterocycles. The molecule has 2 N–H and O–H groups in total. The number of aromatic nitrogens is 1. The van der Waals surface area contributed by atoms with Crippen LogP contribution in [0, 0.1) is 5.92 Å². The van der Waals surface area contributed by atoms with Gasteiger partial charge < -0.3 is 15.3 Å². The van der Waals surface area contributed by atoms with E-state index in [9.17, 15) is 9.59 Å². The molecule has 1 aromatic rings. The number of carbonyl (C=O) groups is 2. The molecule has 1 aromatic heterocycles. The molecule has 1 amide bonds. The lowest BCUT2D eigenvalue weighted by molar-refractivity contribution is -0.125. The highest BCUT2D eigenvalue weighted by Gasteiger charge is 2.25. The van der Waals surface area contributed by atoms with Crippen molar-refractivity contribution in [1.82, 2.24) is 10.3 Å². The highest BCUT2D eigenvalue weighted by molar-refractivity contribution is 5.88. The number of nitrogens with one attached hydrogen (secondary N) is 1. The standard InChI is InChI=1S/C13H17N3O3/c1-14-12(17)9-3-6-16(7-4-9)11-8-10(13(18)19)2-5-15-11/h2,5,8-9H,3-4,6-7H2,1H3,(H,14,17)(H,18,19). The van der Waals surface area contributed by atoms with Crippen LogP contribution in [0.2, 0.25) is 0 Å². The molecule has 0 bridgehead atoms. The van der Waals surface area contributed by atoms with Crippen LogP contribution in [0.5, 0.6) is 0 Å². The number of amides is 1. The number of carboxylic acid groups (broad SMARTS) is 1. The normalized spacial score (nSPS) is 16.2. The Bertz CT molecular complexity index is 482. The first-order valence-electron chi connectivity index (χ1n) is 6.27. The number of hydrogen-bond donors (Lipinski definition) is 2. The van der Waals surface area contributed by atoms with Crippen molar-refractivity contribution >= 4 is 17.7 Å². The number of nitrogens with zero attached hydrogens (tertiary/aromatic N) is 2. The smallest absolute Gasteiger partial charge is 0.335 e. The molecule has 1 aliphatic heterocycles. The van der Waals surface area contributed by atoms with E-state index in [4.69, 9.17) is 5.11 Å². The lowest BCUT2D eigenvalue weighted by Gasteiger charge is -2.32. The van der Waals surface area contributed by atoms with Crippen LogP contribution >= 0.6 is 0 Å². The zero-order valence-electron chi connectivity index (χ0n) is 10.8. The third-order valence-corrected chi connectivity index (χ3v) is 3.43. The predicted octanol–water partition coefficient (Wildman–Crippen LogP) is 0.742. The van der Waals surface area contributed by atoms with E-state index in [1.165, 1.54) is 12.3 Å². The van der Waals surface area contributed by atoms with Gasteiger partial charge in [-0.1, -0.05) is 0 Å². The molecule has 0 atom stereocenters. The number of piperidine rings is 1. The maximum atomic E-state index is 11.5. The van der Waals surface area contributed by atoms with Gasteiger partial charge in [-0.25, -0.2) is 9.78 Å². The number of aromatic carboxylic acids is 1. The molecule has 1 aliphatic rings. The molecular weight excluding hydrogens is 246 g/mol. The highest BCUT2D eigenvalue weighted by atomic mass is 16.4. The van der Waals surface area contributed by atoms with Crippen LogP contribution in [-0.2, 0) is 4.79 Å². The molecule has 0 radical (unpaired) electrons. The van der Waals surface area contributed by atoms with Crippen LogP contribution < -0.4 is 10.2 Å². The molecule has 1 saturated heterocycles. The minimum absolute atomic E-state index is 0.0453. The predicted molar refractivity (Wildman–Crippen MR) is 70.2 cm³/mol. The number of hydrogen-bond acceptors (Lipinski definition) is 4. The van der Waals surface area contributed by atoms with Gasteiger partial charge in [0, 0.05) is 32.3 Å². The van der Waals surface area contributed by atoms with E-state index in [2.05, 4.69) is 10.3 Å². The molecule has 102 valence electrons. The molecular formula is C13H17N3O3. The number of carbonyl (C=O) groups excluding carboxylic acids is 1. The Kier molecular flexibility index (Phi) is 3.99. The molecule has 0 saturated carbocycles. The van der Waals surface area contributed by atoms with Crippen molar-refractivity contribution in [1.29, 1.82) is 0 Å². The van der Waals surface area contributed by atoms with Crippen LogP contribution in [0.25, 0.3) is 0 Å². The van der Waals surface area contributed by atoms with Crippen molar-refractivity contribution in [3.8, 4) is 0 Å². The molecule has 0 aromatic carbocycles. The van der Waals surface area contributed by atoms with Gasteiger partial charge in [-0.15, -0.1) is 0 Å². The Hall–Kier alpha value is -2.11. The molecule has 0 aliphatic carbocycles. The van der Waals surface area contributed by atoms with Crippen molar-refractivity contribution < 1.29 is 14.7 Å². The Morgan fingerprint density at radius 2 is 2.11 bits per heavy atom. The summed E-state index contributed by atoms with van der Waals surface area (Å²) in [7, 11) is 1.65. The fourth-order valence-corrected chi connectivity index (χ4v) is 2.30. The fraction of sp³-hybridized carbons (Fsp3) is 0.462. The average Bonchev–Trinajstić information content (AvgIpc) is 2.46. The lowest BCUT2D eigenvalue weighted by atomic mass is 9.96. The number of rotatable bonds is 3. The van der Waals surface area contributed by atoms with Crippen LogP contribution in [-0.4, -0.2) is 42.1 Å². The third-order valence-electron chi connectivity index (χ3n) is 3.43. The van der Waals surface area contributed by atoms with Crippen molar-refractivity contribution in [2.75, 3.05) is 25.0 Å². The van der Waals surface area contributed by atoms with Crippen molar-refractivity contribution in [3.05, 3.63) is 23.9 Å². The first kappa shape index (κ1) is 13.3. The van der Waals surface area contributed by atoms with Gasteiger partial charge in [-0.05, 0) is 25.0 Å². The Labute approximate surface area is 111 Å². The second-order valence-corrected chi connectivity index (χ2v) is 4.58. The van der Waals surface area contributed by atoms with E-state index >= 15 is 0 Å². The van der Waals surface area contributed by atoms with Gasteiger partial charge in [0.05, 0.1) is 5.56 Å². The van der Waals surface area contributed by atoms with Gasteiger partial charge in [0.25, 0.3) is 0 Å². The molecule has 6 nitrogen and oxygen atoms in total. The molecule has 0 unspecified atom stereocenters. The van der Waals surface area contributed by atoms with E-state index in [1.807, 2.05) is 4.90 Å². The van der Waals surface area contributed by atoms with Gasteiger partial charge in [0.2, 0.25) is 5.91 Å². The number of anilines is 1. The lowest BCUT2D eigenvalue weighted by Crippen LogP contribution is -2.39. The van der Waals surface area contributed by atoms with Crippen LogP contribution in [0.4, 0.5) is 5.82 Å². The summed E-state index contributed by atoms with van der Waals surface area (Å²) in [5.41, 5.74) is 0.235. The van der Waals surface area contributed by atoms with E-state index in [0.717, 1.165) is 12.8 Å². The topological polar surface area (TPSA) is 82.5 Å². The summed E-state index contributed by atoms with van der Waals surface area (Å²) in [6.45, 7) is 1.43. The summed E-state index contributed by atoms with van der Waals surface area (Å²) < 4.78 is 0. The summed E-state index contributed by atoms with van der Waals surface area (Å²) in [6.07, 6.45) is 3.03. The zero-order chi connectivity index (χ0) is 13.8. The summed E-state index contributed by atoms with van der Waals surface area (Å²) in [5, 5.41) is 11.6. The zero-order valence-corrected chi connectivity index (χ0v) is 10.8. The van der Waals surface area contributed by atoms with Gasteiger partial charge in [0.1, 0.15) is 5.82 Å². The van der Waals surface area contributed by atoms with Crippen LogP contribution in [0.1, 0.15) is 23.2 Å². The second kappa shape index (κ2) is 5.69. The van der Waals surface area contributed by atoms with Gasteiger partial charge >= 0.3 is 5.97 Å². The highest BCUT2D eigenvalue weighted by Crippen LogP contribution is 2.22. The molecule has 0 spiro atoms. The van der Waals surface area contributed by atoms with Crippen LogP contribution in [0.15, 0.2) is 18.3 Å². The monoisotopic (exact) mass is 263 g/mol. The Morgan fingerprint density at radius 1 is 1.42 bits per heavy atom. The summed E-state index contributed by atoms with van der Waals surface area (Å²) in [5.74, 6) is -0.171. The Balaban J connectivity index is 2.03. The summed E-state index contributed by atoms with van der Waals surface area (Å²) in [4.78, 5) is 28.7. The van der Waals surface area contributed by atoms with Crippen molar-refractivity contribution in [2.24, 2.45) is 5.92 Å². The van der Waals surface area contributed by atoms with Gasteiger partial charge in [-0.2, -0.15) is 0 Å². The second-order valence-electron chi connectivity index (χ2n) is 4.58. The van der Waals surface area contributed by atoms with Crippen LogP contribution in [0.3, 0.4) is 0 Å². The quantitative estimate of drug-likeness (QED) is 0.840. The fourth-order valence-electron chi connectivity index (χ4n) is 2.30. The van der Waals surface area contributed by atoms with E-state index < -0.39 is 5.97 Å². The Morgan fingerprint density at radius 3 is 2.68 bits per heavy atom. The third kappa shape index (κ3) is 3.01. The maximum absolute atomic E-state index is 11.5. The van der Waals surface area contributed by atoms with Crippen molar-refractivity contribution in [2.45, 2.75) is 12.8 Å². The summed E-state index contributed by atoms with van der Waals surface area (Å²) >= 11 is 0. The largest absolute Gasteiger partial charge is 0.478 e. The van der Waals surface area contributed by atoms with E-state index in [1.54, 1.807) is 13.1 Å². The minimum atomic E-state index is -0.955. The number of carboxylic acids is 1. The summed E-state index contributed by atoms with van der Waals surface area (Å²) in [6, 6.07) is 3.05. The average molecular weight is 263 g/mol. The van der Waals surface area contributed by atoms with E-state index in [0.29, 0.717) is 18.9 Å². The van der Waals surface area contributed by atoms with Crippen molar-refractivity contribution in [3.63, 3.8) is 0 Å². The SMILES string of the molecule is CNC(=O)C1CCN(c2cc(C(=O)O)ccn2)CC1. The van der Waals surface area contributed by atoms with E-state index in [-0.39, 0.29) is 17.4 Å². The van der Waals surface area contributed by atoms with Gasteiger partial charge in [0.15, 0.2) is 0 Å². The molecule has 2 rings (SSSR count). The minimum Gasteiger partial charge on any atom is -0.478 e. The molecule has 19 heavy (non-hydrogen) atoms. The number of pyridine rings is 1.